The molecule has 0 spiro atoms. The van der Waals surface area contributed by atoms with E-state index in [1.807, 2.05) is 45.0 Å². The van der Waals surface area contributed by atoms with Crippen molar-refractivity contribution in [2.45, 2.75) is 70.8 Å². The van der Waals surface area contributed by atoms with E-state index in [4.69, 9.17) is 9.47 Å². The number of aliphatic hydroxyl groups is 1. The van der Waals surface area contributed by atoms with Gasteiger partial charge in [0.1, 0.15) is 18.0 Å². The summed E-state index contributed by atoms with van der Waals surface area (Å²) in [6.07, 6.45) is 3.63. The highest BCUT2D eigenvalue weighted by Crippen LogP contribution is 2.25. The zero-order chi connectivity index (χ0) is 16.7. The van der Waals surface area contributed by atoms with Gasteiger partial charge in [0.25, 0.3) is 0 Å². The summed E-state index contributed by atoms with van der Waals surface area (Å²) in [5.41, 5.74) is 1.17. The quantitative estimate of drug-likeness (QED) is 0.723. The minimum absolute atomic E-state index is 0.109. The van der Waals surface area contributed by atoms with Crippen molar-refractivity contribution in [1.29, 1.82) is 0 Å². The first-order valence-corrected chi connectivity index (χ1v) is 8.82. The highest BCUT2D eigenvalue weighted by molar-refractivity contribution is 5.27. The molecule has 0 bridgehead atoms. The van der Waals surface area contributed by atoms with Crippen LogP contribution < -0.4 is 10.1 Å². The van der Waals surface area contributed by atoms with Crippen LogP contribution in [0.5, 0.6) is 5.75 Å². The Morgan fingerprint density at radius 2 is 2.13 bits per heavy atom. The molecule has 1 aliphatic rings. The molecule has 2 N–H and O–H groups in total. The van der Waals surface area contributed by atoms with Crippen molar-refractivity contribution >= 4 is 0 Å². The Balaban J connectivity index is 1.77. The maximum Gasteiger partial charge on any atom is 0.126 e. The van der Waals surface area contributed by atoms with Crippen LogP contribution in [0.1, 0.15) is 45.1 Å². The number of nitrogens with one attached hydrogen (secondary N) is 1. The number of ether oxygens (including phenoxy) is 2. The molecular weight excluding hydrogens is 290 g/mol. The van der Waals surface area contributed by atoms with Gasteiger partial charge in [0, 0.05) is 12.6 Å². The molecule has 23 heavy (non-hydrogen) atoms. The van der Waals surface area contributed by atoms with E-state index in [9.17, 15) is 5.11 Å². The van der Waals surface area contributed by atoms with Gasteiger partial charge in [-0.25, -0.2) is 0 Å². The molecule has 0 amide bonds. The van der Waals surface area contributed by atoms with E-state index >= 15 is 0 Å². The topological polar surface area (TPSA) is 50.7 Å². The highest BCUT2D eigenvalue weighted by atomic mass is 16.5. The molecule has 2 rings (SSSR count). The molecule has 1 aliphatic carbocycles. The van der Waals surface area contributed by atoms with Crippen LogP contribution >= 0.6 is 0 Å². The number of hydrogen-bond acceptors (Lipinski definition) is 4. The smallest absolute Gasteiger partial charge is 0.126 e. The van der Waals surface area contributed by atoms with Crippen LogP contribution in [-0.4, -0.2) is 42.6 Å². The number of aryl methyl sites for hydroxylation is 1. The zero-order valence-electron chi connectivity index (χ0n) is 14.6. The van der Waals surface area contributed by atoms with E-state index in [2.05, 4.69) is 5.32 Å². The fourth-order valence-corrected chi connectivity index (χ4v) is 3.03. The van der Waals surface area contributed by atoms with E-state index in [1.165, 1.54) is 5.56 Å². The van der Waals surface area contributed by atoms with Crippen molar-refractivity contribution in [3.63, 3.8) is 0 Å². The molecule has 1 aromatic carbocycles. The number of aliphatic hydroxyl groups excluding tert-OH is 1. The molecule has 0 heterocycles. The van der Waals surface area contributed by atoms with Gasteiger partial charge in [-0.05, 0) is 70.7 Å². The summed E-state index contributed by atoms with van der Waals surface area (Å²) in [5, 5.41) is 14.0. The van der Waals surface area contributed by atoms with Crippen molar-refractivity contribution in [3.8, 4) is 5.75 Å². The lowest BCUT2D eigenvalue weighted by Crippen LogP contribution is -2.51. The molecule has 4 nitrogen and oxygen atoms in total. The molecular formula is C19H31NO3. The molecule has 1 aromatic rings. The van der Waals surface area contributed by atoms with Gasteiger partial charge < -0.3 is 19.9 Å². The highest BCUT2D eigenvalue weighted by Gasteiger charge is 2.32. The van der Waals surface area contributed by atoms with Crippen LogP contribution in [0.3, 0.4) is 0 Å². The first kappa shape index (κ1) is 18.2. The van der Waals surface area contributed by atoms with E-state index < -0.39 is 6.10 Å². The summed E-state index contributed by atoms with van der Waals surface area (Å²) in [7, 11) is 0. The third kappa shape index (κ3) is 6.13. The Bertz CT molecular complexity index is 464. The Morgan fingerprint density at radius 3 is 2.87 bits per heavy atom. The monoisotopic (exact) mass is 321 g/mol. The van der Waals surface area contributed by atoms with Crippen LogP contribution in [0.2, 0.25) is 0 Å². The Hall–Kier alpha value is -1.10. The first-order chi connectivity index (χ1) is 11.1. The zero-order valence-corrected chi connectivity index (χ0v) is 14.6. The lowest BCUT2D eigenvalue weighted by molar-refractivity contribution is -0.0160. The third-order valence-electron chi connectivity index (χ3n) is 4.25. The van der Waals surface area contributed by atoms with Gasteiger partial charge in [0.15, 0.2) is 0 Å². The molecule has 1 saturated carbocycles. The second-order valence-electron chi connectivity index (χ2n) is 6.73. The third-order valence-corrected chi connectivity index (χ3v) is 4.25. The maximum atomic E-state index is 10.6. The summed E-state index contributed by atoms with van der Waals surface area (Å²) in [4.78, 5) is 0. The second-order valence-corrected chi connectivity index (χ2v) is 6.73. The van der Waals surface area contributed by atoms with Gasteiger partial charge in [0.2, 0.25) is 0 Å². The summed E-state index contributed by atoms with van der Waals surface area (Å²) in [5.74, 6) is 0.847. The average Bonchev–Trinajstić information content (AvgIpc) is 2.50. The van der Waals surface area contributed by atoms with Crippen molar-refractivity contribution in [2.24, 2.45) is 0 Å². The van der Waals surface area contributed by atoms with E-state index in [0.717, 1.165) is 44.6 Å². The summed E-state index contributed by atoms with van der Waals surface area (Å²) < 4.78 is 11.6. The molecule has 0 aromatic heterocycles. The molecule has 0 radical (unpaired) electrons. The SMILES string of the molecule is Cc1cccc(O[C@@H]2CCC[C@H](NCCCOC(C)C)[C@H]2O)c1. The van der Waals surface area contributed by atoms with E-state index in [-0.39, 0.29) is 18.2 Å². The second kappa shape index (κ2) is 9.26. The van der Waals surface area contributed by atoms with Gasteiger partial charge >= 0.3 is 0 Å². The fraction of sp³-hybridized carbons (Fsp3) is 0.684. The average molecular weight is 321 g/mol. The minimum atomic E-state index is -0.463. The number of rotatable bonds is 8. The number of benzene rings is 1. The van der Waals surface area contributed by atoms with Crippen LogP contribution in [-0.2, 0) is 4.74 Å². The van der Waals surface area contributed by atoms with Gasteiger partial charge in [-0.15, -0.1) is 0 Å². The van der Waals surface area contributed by atoms with Crippen LogP contribution in [0.25, 0.3) is 0 Å². The van der Waals surface area contributed by atoms with Gasteiger partial charge in [-0.3, -0.25) is 0 Å². The fourth-order valence-electron chi connectivity index (χ4n) is 3.03. The maximum absolute atomic E-state index is 10.6. The van der Waals surface area contributed by atoms with Crippen molar-refractivity contribution in [2.75, 3.05) is 13.2 Å². The van der Waals surface area contributed by atoms with Crippen LogP contribution in [0, 0.1) is 6.92 Å². The Kier molecular flexibility index (Phi) is 7.34. The largest absolute Gasteiger partial charge is 0.488 e. The van der Waals surface area contributed by atoms with Gasteiger partial charge in [-0.2, -0.15) is 0 Å². The molecule has 0 aliphatic heterocycles. The molecule has 130 valence electrons. The lowest BCUT2D eigenvalue weighted by Gasteiger charge is -2.35. The molecule has 0 saturated heterocycles. The minimum Gasteiger partial charge on any atom is -0.488 e. The number of hydrogen-bond donors (Lipinski definition) is 2. The molecule has 4 heteroatoms. The molecule has 3 atom stereocenters. The van der Waals surface area contributed by atoms with E-state index in [1.54, 1.807) is 0 Å². The summed E-state index contributed by atoms with van der Waals surface area (Å²) >= 11 is 0. The standard InChI is InChI=1S/C19H31NO3/c1-14(2)22-12-6-11-20-17-9-5-10-18(19(17)21)23-16-8-4-7-15(3)13-16/h4,7-8,13-14,17-21H,5-6,9-12H2,1-3H3/t17-,18+,19+/m0/s1. The molecule has 0 unspecified atom stereocenters. The first-order valence-electron chi connectivity index (χ1n) is 8.82. The lowest BCUT2D eigenvalue weighted by atomic mass is 9.89. The predicted molar refractivity (Wildman–Crippen MR) is 92.9 cm³/mol. The van der Waals surface area contributed by atoms with Crippen LogP contribution in [0.15, 0.2) is 24.3 Å². The summed E-state index contributed by atoms with van der Waals surface area (Å²) in [6, 6.07) is 8.13. The van der Waals surface area contributed by atoms with Crippen molar-refractivity contribution < 1.29 is 14.6 Å². The van der Waals surface area contributed by atoms with Crippen LogP contribution in [0.4, 0.5) is 0 Å². The van der Waals surface area contributed by atoms with Crippen molar-refractivity contribution in [1.82, 2.24) is 5.32 Å². The van der Waals surface area contributed by atoms with E-state index in [0.29, 0.717) is 0 Å². The predicted octanol–water partition coefficient (Wildman–Crippen LogP) is 3.06. The Morgan fingerprint density at radius 1 is 1.30 bits per heavy atom. The molecule has 1 fully saturated rings. The Labute approximate surface area is 140 Å². The van der Waals surface area contributed by atoms with Crippen molar-refractivity contribution in [3.05, 3.63) is 29.8 Å². The summed E-state index contributed by atoms with van der Waals surface area (Å²) in [6.45, 7) is 7.77. The van der Waals surface area contributed by atoms with Gasteiger partial charge in [-0.1, -0.05) is 12.1 Å². The normalized spacial score (nSPS) is 24.8. The van der Waals surface area contributed by atoms with Gasteiger partial charge in [0.05, 0.1) is 6.10 Å².